The van der Waals surface area contributed by atoms with Crippen molar-refractivity contribution in [2.24, 2.45) is 5.73 Å². The lowest BCUT2D eigenvalue weighted by Gasteiger charge is -2.07. The summed E-state index contributed by atoms with van der Waals surface area (Å²) in [7, 11) is 0. The summed E-state index contributed by atoms with van der Waals surface area (Å²) in [5.41, 5.74) is 5.02. The number of rotatable bonds is 15. The van der Waals surface area contributed by atoms with Gasteiger partial charge in [-0.3, -0.25) is 9.59 Å². The summed E-state index contributed by atoms with van der Waals surface area (Å²) in [5.74, 6) is -0.215. The normalized spacial score (nSPS) is 10.5. The van der Waals surface area contributed by atoms with Gasteiger partial charge in [0, 0.05) is 39.1 Å². The zero-order chi connectivity index (χ0) is 15.8. The van der Waals surface area contributed by atoms with Crippen LogP contribution in [0.3, 0.4) is 0 Å². The standard InChI is InChI=1S/C14H29N3O4/c1-2-14(19)17-7-4-10-21-12-11-20-9-3-6-16-8-5-13(15)18/h16H,2-12H2,1H3,(H2,15,18)(H,17,19). The van der Waals surface area contributed by atoms with Gasteiger partial charge in [-0.15, -0.1) is 0 Å². The molecule has 7 heteroatoms. The van der Waals surface area contributed by atoms with E-state index in [9.17, 15) is 9.59 Å². The van der Waals surface area contributed by atoms with Crippen LogP contribution >= 0.6 is 0 Å². The number of hydrogen-bond donors (Lipinski definition) is 3. The minimum Gasteiger partial charge on any atom is -0.379 e. The summed E-state index contributed by atoms with van der Waals surface area (Å²) < 4.78 is 10.8. The molecule has 0 unspecified atom stereocenters. The first-order valence-corrected chi connectivity index (χ1v) is 7.58. The van der Waals surface area contributed by atoms with Gasteiger partial charge in [0.2, 0.25) is 11.8 Å². The van der Waals surface area contributed by atoms with Gasteiger partial charge in [0.15, 0.2) is 0 Å². The van der Waals surface area contributed by atoms with Crippen LogP contribution in [0.25, 0.3) is 0 Å². The maximum absolute atomic E-state index is 10.9. The Hall–Kier alpha value is -1.18. The number of amides is 2. The Morgan fingerprint density at radius 1 is 0.952 bits per heavy atom. The predicted molar refractivity (Wildman–Crippen MR) is 80.9 cm³/mol. The van der Waals surface area contributed by atoms with Crippen LogP contribution in [0.1, 0.15) is 32.6 Å². The topological polar surface area (TPSA) is 103 Å². The van der Waals surface area contributed by atoms with E-state index in [-0.39, 0.29) is 11.8 Å². The summed E-state index contributed by atoms with van der Waals surface area (Å²) in [6.45, 7) is 6.35. The molecular weight excluding hydrogens is 274 g/mol. The molecule has 0 radical (unpaired) electrons. The number of ether oxygens (including phenoxy) is 2. The molecule has 0 saturated heterocycles. The molecule has 0 rings (SSSR count). The Labute approximate surface area is 126 Å². The average Bonchev–Trinajstić information content (AvgIpc) is 2.46. The number of carbonyl (C=O) groups excluding carboxylic acids is 2. The van der Waals surface area contributed by atoms with Crippen molar-refractivity contribution in [3.8, 4) is 0 Å². The smallest absolute Gasteiger partial charge is 0.219 e. The van der Waals surface area contributed by atoms with E-state index in [1.54, 1.807) is 0 Å². The Balaban J connectivity index is 3.02. The van der Waals surface area contributed by atoms with Gasteiger partial charge >= 0.3 is 0 Å². The zero-order valence-electron chi connectivity index (χ0n) is 13.0. The summed E-state index contributed by atoms with van der Waals surface area (Å²) >= 11 is 0. The van der Waals surface area contributed by atoms with Crippen molar-refractivity contribution >= 4 is 11.8 Å². The third-order valence-electron chi connectivity index (χ3n) is 2.67. The maximum Gasteiger partial charge on any atom is 0.219 e. The second-order valence-corrected chi connectivity index (χ2v) is 4.60. The molecule has 0 aliphatic rings. The van der Waals surface area contributed by atoms with Crippen LogP contribution in [0, 0.1) is 0 Å². The van der Waals surface area contributed by atoms with Crippen molar-refractivity contribution in [3.05, 3.63) is 0 Å². The Bertz CT molecular complexity index is 275. The number of nitrogens with two attached hydrogens (primary N) is 1. The van der Waals surface area contributed by atoms with Gasteiger partial charge in [0.1, 0.15) is 0 Å². The fourth-order valence-electron chi connectivity index (χ4n) is 1.48. The van der Waals surface area contributed by atoms with E-state index in [0.29, 0.717) is 52.4 Å². The lowest BCUT2D eigenvalue weighted by molar-refractivity contribution is -0.121. The first kappa shape index (κ1) is 19.8. The Morgan fingerprint density at radius 3 is 2.14 bits per heavy atom. The SMILES string of the molecule is CCC(=O)NCCCOCCOCCCNCCC(N)=O. The molecule has 0 fully saturated rings. The summed E-state index contributed by atoms with van der Waals surface area (Å²) in [4.78, 5) is 21.4. The minimum atomic E-state index is -0.287. The highest BCUT2D eigenvalue weighted by atomic mass is 16.5. The number of primary amides is 1. The molecule has 0 bridgehead atoms. The van der Waals surface area contributed by atoms with Crippen LogP contribution in [-0.4, -0.2) is 57.9 Å². The predicted octanol–water partition coefficient (Wildman–Crippen LogP) is -0.209. The summed E-state index contributed by atoms with van der Waals surface area (Å²) in [5, 5.41) is 5.90. The van der Waals surface area contributed by atoms with Crippen molar-refractivity contribution in [2.75, 3.05) is 46.1 Å². The van der Waals surface area contributed by atoms with Crippen LogP contribution in [0.15, 0.2) is 0 Å². The van der Waals surface area contributed by atoms with Crippen LogP contribution in [0.5, 0.6) is 0 Å². The van der Waals surface area contributed by atoms with Crippen molar-refractivity contribution in [2.45, 2.75) is 32.6 Å². The number of hydrogen-bond acceptors (Lipinski definition) is 5. The van der Waals surface area contributed by atoms with Crippen molar-refractivity contribution in [1.29, 1.82) is 0 Å². The summed E-state index contributed by atoms with van der Waals surface area (Å²) in [6.07, 6.45) is 2.59. The largest absolute Gasteiger partial charge is 0.379 e. The van der Waals surface area contributed by atoms with E-state index in [1.165, 1.54) is 0 Å². The fourth-order valence-corrected chi connectivity index (χ4v) is 1.48. The first-order valence-electron chi connectivity index (χ1n) is 7.58. The molecule has 7 nitrogen and oxygen atoms in total. The second kappa shape index (κ2) is 15.2. The molecule has 21 heavy (non-hydrogen) atoms. The Kier molecular flexibility index (Phi) is 14.4. The minimum absolute atomic E-state index is 0.0720. The fraction of sp³-hybridized carbons (Fsp3) is 0.857. The quantitative estimate of drug-likeness (QED) is 0.363. The van der Waals surface area contributed by atoms with Crippen LogP contribution in [0.4, 0.5) is 0 Å². The number of nitrogens with one attached hydrogen (secondary N) is 2. The molecule has 0 spiro atoms. The molecule has 0 aliphatic heterocycles. The molecule has 0 aromatic rings. The van der Waals surface area contributed by atoms with Crippen LogP contribution in [-0.2, 0) is 19.1 Å². The lowest BCUT2D eigenvalue weighted by atomic mass is 10.4. The van der Waals surface area contributed by atoms with Gasteiger partial charge in [0.25, 0.3) is 0 Å². The van der Waals surface area contributed by atoms with Gasteiger partial charge in [-0.05, 0) is 19.4 Å². The van der Waals surface area contributed by atoms with Gasteiger partial charge < -0.3 is 25.8 Å². The Morgan fingerprint density at radius 2 is 1.57 bits per heavy atom. The van der Waals surface area contributed by atoms with E-state index >= 15 is 0 Å². The first-order chi connectivity index (χ1) is 10.2. The lowest BCUT2D eigenvalue weighted by Crippen LogP contribution is -2.24. The van der Waals surface area contributed by atoms with Crippen LogP contribution in [0.2, 0.25) is 0 Å². The van der Waals surface area contributed by atoms with Gasteiger partial charge in [-0.1, -0.05) is 6.92 Å². The van der Waals surface area contributed by atoms with Crippen molar-refractivity contribution in [3.63, 3.8) is 0 Å². The van der Waals surface area contributed by atoms with Crippen LogP contribution < -0.4 is 16.4 Å². The highest BCUT2D eigenvalue weighted by molar-refractivity contribution is 5.75. The third kappa shape index (κ3) is 16.8. The van der Waals surface area contributed by atoms with E-state index in [1.807, 2.05) is 6.92 Å². The molecule has 2 amide bonds. The van der Waals surface area contributed by atoms with Crippen molar-refractivity contribution < 1.29 is 19.1 Å². The highest BCUT2D eigenvalue weighted by Gasteiger charge is 1.96. The molecular formula is C14H29N3O4. The molecule has 4 N–H and O–H groups in total. The number of carbonyl (C=O) groups is 2. The second-order valence-electron chi connectivity index (χ2n) is 4.60. The maximum atomic E-state index is 10.9. The molecule has 0 heterocycles. The molecule has 0 atom stereocenters. The molecule has 0 aromatic heterocycles. The monoisotopic (exact) mass is 303 g/mol. The average molecular weight is 303 g/mol. The molecule has 0 aromatic carbocycles. The highest BCUT2D eigenvalue weighted by Crippen LogP contribution is 1.86. The molecule has 0 saturated carbocycles. The summed E-state index contributed by atoms with van der Waals surface area (Å²) in [6, 6.07) is 0. The van der Waals surface area contributed by atoms with Gasteiger partial charge in [0.05, 0.1) is 13.2 Å². The van der Waals surface area contributed by atoms with E-state index in [2.05, 4.69) is 10.6 Å². The van der Waals surface area contributed by atoms with Gasteiger partial charge in [-0.25, -0.2) is 0 Å². The van der Waals surface area contributed by atoms with E-state index in [4.69, 9.17) is 15.2 Å². The van der Waals surface area contributed by atoms with Crippen molar-refractivity contribution in [1.82, 2.24) is 10.6 Å². The molecule has 0 aliphatic carbocycles. The third-order valence-corrected chi connectivity index (χ3v) is 2.67. The van der Waals surface area contributed by atoms with Gasteiger partial charge in [-0.2, -0.15) is 0 Å². The zero-order valence-corrected chi connectivity index (χ0v) is 13.0. The molecule has 124 valence electrons. The van der Waals surface area contributed by atoms with E-state index in [0.717, 1.165) is 19.4 Å². The van der Waals surface area contributed by atoms with E-state index < -0.39 is 0 Å².